The van der Waals surface area contributed by atoms with Crippen molar-refractivity contribution in [2.45, 2.75) is 25.4 Å². The summed E-state index contributed by atoms with van der Waals surface area (Å²) >= 11 is 0. The molecule has 9 nitrogen and oxygen atoms in total. The van der Waals surface area contributed by atoms with E-state index in [0.29, 0.717) is 17.4 Å². The molecule has 0 saturated carbocycles. The summed E-state index contributed by atoms with van der Waals surface area (Å²) in [6.07, 6.45) is 7.19. The largest absolute Gasteiger partial charge is 0.383 e. The predicted molar refractivity (Wildman–Crippen MR) is 147 cm³/mol. The highest BCUT2D eigenvalue weighted by Gasteiger charge is 2.20. The van der Waals surface area contributed by atoms with Crippen LogP contribution in [0.3, 0.4) is 0 Å². The lowest BCUT2D eigenvalue weighted by atomic mass is 10.0. The molecule has 1 fully saturated rings. The van der Waals surface area contributed by atoms with E-state index in [2.05, 4.69) is 55.5 Å². The van der Waals surface area contributed by atoms with E-state index in [4.69, 9.17) is 16.0 Å². The van der Waals surface area contributed by atoms with Crippen molar-refractivity contribution in [3.8, 4) is 23.1 Å². The van der Waals surface area contributed by atoms with Crippen molar-refractivity contribution in [3.63, 3.8) is 0 Å². The summed E-state index contributed by atoms with van der Waals surface area (Å²) < 4.78 is 2.04. The maximum atomic E-state index is 9.11. The fraction of sp³-hybridized carbons (Fsp3) is 0.207. The topological polar surface area (TPSA) is 122 Å². The molecule has 0 unspecified atom stereocenters. The van der Waals surface area contributed by atoms with E-state index in [1.165, 1.54) is 5.56 Å². The van der Waals surface area contributed by atoms with Gasteiger partial charge in [-0.2, -0.15) is 5.26 Å². The number of hydrogen-bond acceptors (Lipinski definition) is 8. The van der Waals surface area contributed by atoms with Gasteiger partial charge in [0.2, 0.25) is 0 Å². The van der Waals surface area contributed by atoms with Crippen molar-refractivity contribution in [1.82, 2.24) is 29.4 Å². The Bertz CT molecular complexity index is 1610. The molecule has 38 heavy (non-hydrogen) atoms. The van der Waals surface area contributed by atoms with Gasteiger partial charge in [-0.15, -0.1) is 0 Å². The number of nitrogens with two attached hydrogens (primary N) is 1. The summed E-state index contributed by atoms with van der Waals surface area (Å²) in [4.78, 5) is 20.5. The highest BCUT2D eigenvalue weighted by atomic mass is 15.2. The molecule has 0 spiro atoms. The number of aromatic nitrogens is 5. The molecule has 0 bridgehead atoms. The van der Waals surface area contributed by atoms with Crippen LogP contribution in [0.15, 0.2) is 79.3 Å². The number of rotatable bonds is 6. The number of hydrogen-bond donors (Lipinski definition) is 2. The third-order valence-corrected chi connectivity index (χ3v) is 6.92. The van der Waals surface area contributed by atoms with Crippen molar-refractivity contribution in [2.24, 2.45) is 0 Å². The smallest absolute Gasteiger partial charge is 0.164 e. The molecule has 1 aliphatic heterocycles. The lowest BCUT2D eigenvalue weighted by molar-refractivity contribution is 0.211. The van der Waals surface area contributed by atoms with Gasteiger partial charge in [0.05, 0.1) is 17.2 Å². The van der Waals surface area contributed by atoms with Crippen LogP contribution in [0.5, 0.6) is 0 Å². The second-order valence-electron chi connectivity index (χ2n) is 9.46. The number of anilines is 2. The van der Waals surface area contributed by atoms with Crippen molar-refractivity contribution in [1.29, 1.82) is 5.26 Å². The van der Waals surface area contributed by atoms with E-state index in [0.717, 1.165) is 66.5 Å². The maximum Gasteiger partial charge on any atom is 0.164 e. The summed E-state index contributed by atoms with van der Waals surface area (Å²) in [5.41, 5.74) is 11.4. The monoisotopic (exact) mass is 501 g/mol. The van der Waals surface area contributed by atoms with Crippen LogP contribution >= 0.6 is 0 Å². The van der Waals surface area contributed by atoms with Crippen molar-refractivity contribution >= 4 is 22.8 Å². The Morgan fingerprint density at radius 1 is 0.947 bits per heavy atom. The minimum absolute atomic E-state index is 0.357. The van der Waals surface area contributed by atoms with Gasteiger partial charge in [0.1, 0.15) is 17.2 Å². The normalized spacial score (nSPS) is 14.4. The number of benzene rings is 1. The number of nitrogens with zero attached hydrogens (tertiary/aromatic N) is 7. The minimum Gasteiger partial charge on any atom is -0.383 e. The van der Waals surface area contributed by atoms with Crippen molar-refractivity contribution in [3.05, 3.63) is 90.4 Å². The number of nitriles is 1. The van der Waals surface area contributed by atoms with Gasteiger partial charge in [0.15, 0.2) is 11.5 Å². The quantitative estimate of drug-likeness (QED) is 0.351. The first kappa shape index (κ1) is 23.6. The molecule has 1 aliphatic rings. The van der Waals surface area contributed by atoms with Gasteiger partial charge in [0.25, 0.3) is 0 Å². The van der Waals surface area contributed by atoms with E-state index < -0.39 is 0 Å². The number of pyridine rings is 3. The molecular formula is C29H27N9. The Balaban J connectivity index is 1.16. The number of nitrogens with one attached hydrogen (secondary N) is 1. The van der Waals surface area contributed by atoms with E-state index in [-0.39, 0.29) is 0 Å². The fourth-order valence-corrected chi connectivity index (χ4v) is 4.98. The van der Waals surface area contributed by atoms with Crippen LogP contribution in [0, 0.1) is 11.3 Å². The zero-order valence-electron chi connectivity index (χ0n) is 20.8. The summed E-state index contributed by atoms with van der Waals surface area (Å²) in [6.45, 7) is 2.89. The lowest BCUT2D eigenvalue weighted by Gasteiger charge is -2.32. The van der Waals surface area contributed by atoms with E-state index in [9.17, 15) is 0 Å². The SMILES string of the molecule is N#Cc1ccnc(NC2CCN(Cc3ccc(-n4c(-c5cccnc5N)nc5cccnc54)cc3)CC2)c1. The highest BCUT2D eigenvalue weighted by molar-refractivity contribution is 5.82. The molecule has 5 aromatic rings. The summed E-state index contributed by atoms with van der Waals surface area (Å²) in [7, 11) is 0. The minimum atomic E-state index is 0.357. The lowest BCUT2D eigenvalue weighted by Crippen LogP contribution is -2.38. The number of likely N-dealkylation sites (tertiary alicyclic amines) is 1. The Morgan fingerprint density at radius 2 is 1.74 bits per heavy atom. The average molecular weight is 502 g/mol. The van der Waals surface area contributed by atoms with Gasteiger partial charge in [-0.25, -0.2) is 19.9 Å². The van der Waals surface area contributed by atoms with Crippen LogP contribution in [-0.2, 0) is 6.54 Å². The number of fused-ring (bicyclic) bond motifs is 1. The maximum absolute atomic E-state index is 9.11. The number of imidazole rings is 1. The molecule has 6 rings (SSSR count). The van der Waals surface area contributed by atoms with Gasteiger partial charge >= 0.3 is 0 Å². The molecule has 4 aromatic heterocycles. The second kappa shape index (κ2) is 10.3. The van der Waals surface area contributed by atoms with Crippen LogP contribution in [-0.4, -0.2) is 48.5 Å². The number of piperidine rings is 1. The summed E-state index contributed by atoms with van der Waals surface area (Å²) in [5.74, 6) is 1.93. The Morgan fingerprint density at radius 3 is 2.53 bits per heavy atom. The van der Waals surface area contributed by atoms with E-state index in [1.54, 1.807) is 30.7 Å². The molecule has 0 amide bonds. The third-order valence-electron chi connectivity index (χ3n) is 6.92. The first-order chi connectivity index (χ1) is 18.7. The molecule has 188 valence electrons. The summed E-state index contributed by atoms with van der Waals surface area (Å²) in [6, 6.07) is 22.3. The molecule has 0 atom stereocenters. The second-order valence-corrected chi connectivity index (χ2v) is 9.46. The van der Waals surface area contributed by atoms with Gasteiger partial charge in [-0.1, -0.05) is 12.1 Å². The Kier molecular flexibility index (Phi) is 6.38. The Hall–Kier alpha value is -4.81. The van der Waals surface area contributed by atoms with Crippen LogP contribution in [0.2, 0.25) is 0 Å². The first-order valence-electron chi connectivity index (χ1n) is 12.7. The van der Waals surface area contributed by atoms with Crippen LogP contribution in [0.4, 0.5) is 11.6 Å². The molecule has 3 N–H and O–H groups in total. The average Bonchev–Trinajstić information content (AvgIpc) is 3.34. The zero-order chi connectivity index (χ0) is 25.9. The molecule has 1 aromatic carbocycles. The van der Waals surface area contributed by atoms with E-state index in [1.807, 2.05) is 28.8 Å². The highest BCUT2D eigenvalue weighted by Crippen LogP contribution is 2.30. The van der Waals surface area contributed by atoms with Gasteiger partial charge < -0.3 is 11.1 Å². The standard InChI is InChI=1S/C29H27N9/c30-18-21-9-14-32-26(17-21)35-22-10-15-37(16-11-22)19-20-5-7-23(8-6-20)38-28(24-3-1-12-33-27(24)31)36-25-4-2-13-34-29(25)38/h1-9,12-14,17,22H,10-11,15-16,19H2,(H2,31,33)(H,32,35). The van der Waals surface area contributed by atoms with Crippen molar-refractivity contribution in [2.75, 3.05) is 24.1 Å². The molecule has 5 heterocycles. The molecule has 0 aliphatic carbocycles. The van der Waals surface area contributed by atoms with Crippen LogP contribution in [0.1, 0.15) is 24.0 Å². The Labute approximate surface area is 220 Å². The zero-order valence-corrected chi connectivity index (χ0v) is 20.8. The first-order valence-corrected chi connectivity index (χ1v) is 12.7. The fourth-order valence-electron chi connectivity index (χ4n) is 4.98. The van der Waals surface area contributed by atoms with Crippen LogP contribution < -0.4 is 11.1 Å². The van der Waals surface area contributed by atoms with Gasteiger partial charge in [-0.3, -0.25) is 9.47 Å². The molecule has 9 heteroatoms. The predicted octanol–water partition coefficient (Wildman–Crippen LogP) is 4.41. The molecule has 1 saturated heterocycles. The summed E-state index contributed by atoms with van der Waals surface area (Å²) in [5, 5.41) is 12.6. The van der Waals surface area contributed by atoms with Gasteiger partial charge in [-0.05, 0) is 66.9 Å². The number of nitrogen functional groups attached to an aromatic ring is 1. The third kappa shape index (κ3) is 4.77. The van der Waals surface area contributed by atoms with E-state index >= 15 is 0 Å². The van der Waals surface area contributed by atoms with Gasteiger partial charge in [0, 0.05) is 50.0 Å². The molecular weight excluding hydrogens is 474 g/mol. The molecule has 0 radical (unpaired) electrons. The van der Waals surface area contributed by atoms with Crippen molar-refractivity contribution < 1.29 is 0 Å². The van der Waals surface area contributed by atoms with Crippen LogP contribution in [0.25, 0.3) is 28.2 Å².